The van der Waals surface area contributed by atoms with Crippen molar-refractivity contribution in [1.82, 2.24) is 9.38 Å². The van der Waals surface area contributed by atoms with Crippen molar-refractivity contribution in [3.05, 3.63) is 60.0 Å². The molecule has 0 aliphatic heterocycles. The number of aromatic nitrogens is 2. The Labute approximate surface area is 145 Å². The zero-order valence-corrected chi connectivity index (χ0v) is 14.3. The first-order valence-corrected chi connectivity index (χ1v) is 7.88. The minimum absolute atomic E-state index is 0.0454. The first kappa shape index (κ1) is 16.7. The van der Waals surface area contributed by atoms with E-state index >= 15 is 0 Å². The predicted molar refractivity (Wildman–Crippen MR) is 95.0 cm³/mol. The lowest BCUT2D eigenvalue weighted by Gasteiger charge is -2.13. The van der Waals surface area contributed by atoms with Gasteiger partial charge >= 0.3 is 0 Å². The molecule has 0 fully saturated rings. The van der Waals surface area contributed by atoms with Crippen LogP contribution in [0.5, 0.6) is 5.75 Å². The number of anilines is 1. The van der Waals surface area contributed by atoms with E-state index in [4.69, 9.17) is 0 Å². The number of imidazole rings is 1. The summed E-state index contributed by atoms with van der Waals surface area (Å²) in [5, 5.41) is 12.5. The van der Waals surface area contributed by atoms with Crippen LogP contribution in [0, 0.1) is 5.41 Å². The number of ketones is 1. The number of amides is 1. The van der Waals surface area contributed by atoms with Gasteiger partial charge in [-0.05, 0) is 24.3 Å². The standard InChI is InChI=1S/C19H19N3O3/c1-19(2,3)17(24)14-11-22-10-12(8-9-16(22)21-14)20-18(25)13-6-4-5-7-15(13)23/h4-11,23H,1-3H3,(H,20,25). The highest BCUT2D eigenvalue weighted by Gasteiger charge is 2.25. The van der Waals surface area contributed by atoms with E-state index in [0.29, 0.717) is 17.0 Å². The first-order chi connectivity index (χ1) is 11.8. The molecule has 0 aliphatic carbocycles. The van der Waals surface area contributed by atoms with Gasteiger partial charge in [0.15, 0.2) is 5.78 Å². The number of nitrogens with zero attached hydrogens (tertiary/aromatic N) is 2. The summed E-state index contributed by atoms with van der Waals surface area (Å²) in [7, 11) is 0. The molecule has 2 heterocycles. The van der Waals surface area contributed by atoms with Gasteiger partial charge in [0.2, 0.25) is 0 Å². The Kier molecular flexibility index (Phi) is 4.04. The molecule has 25 heavy (non-hydrogen) atoms. The van der Waals surface area contributed by atoms with Gasteiger partial charge in [0.1, 0.15) is 17.1 Å². The third-order valence-electron chi connectivity index (χ3n) is 3.77. The molecule has 6 nitrogen and oxygen atoms in total. The number of nitrogens with one attached hydrogen (secondary N) is 1. The van der Waals surface area contributed by atoms with E-state index in [9.17, 15) is 14.7 Å². The molecule has 0 atom stereocenters. The zero-order chi connectivity index (χ0) is 18.2. The third kappa shape index (κ3) is 3.38. The Morgan fingerprint density at radius 1 is 1.08 bits per heavy atom. The summed E-state index contributed by atoms with van der Waals surface area (Å²) >= 11 is 0. The molecule has 6 heteroatoms. The average Bonchev–Trinajstić information content (AvgIpc) is 2.96. The first-order valence-electron chi connectivity index (χ1n) is 7.88. The maximum atomic E-state index is 12.3. The van der Waals surface area contributed by atoms with Crippen LogP contribution in [0.1, 0.15) is 41.6 Å². The van der Waals surface area contributed by atoms with Gasteiger partial charge in [-0.25, -0.2) is 4.98 Å². The van der Waals surface area contributed by atoms with Crippen molar-refractivity contribution in [2.24, 2.45) is 5.41 Å². The number of fused-ring (bicyclic) bond motifs is 1. The number of Topliss-reactive ketones (excluding diaryl/α,β-unsaturated/α-hetero) is 1. The van der Waals surface area contributed by atoms with E-state index in [1.54, 1.807) is 47.1 Å². The molecule has 3 rings (SSSR count). The van der Waals surface area contributed by atoms with Crippen LogP contribution in [0.25, 0.3) is 5.65 Å². The van der Waals surface area contributed by atoms with E-state index in [1.165, 1.54) is 6.07 Å². The lowest BCUT2D eigenvalue weighted by atomic mass is 9.89. The maximum absolute atomic E-state index is 12.3. The number of para-hydroxylation sites is 1. The third-order valence-corrected chi connectivity index (χ3v) is 3.77. The maximum Gasteiger partial charge on any atom is 0.259 e. The molecule has 0 radical (unpaired) electrons. The number of rotatable bonds is 3. The predicted octanol–water partition coefficient (Wildman–Crippen LogP) is 3.52. The van der Waals surface area contributed by atoms with Crippen LogP contribution in [-0.2, 0) is 0 Å². The molecule has 1 amide bonds. The lowest BCUT2D eigenvalue weighted by molar-refractivity contribution is 0.0853. The summed E-state index contributed by atoms with van der Waals surface area (Å²) in [5.41, 5.74) is 1.22. The Morgan fingerprint density at radius 3 is 2.48 bits per heavy atom. The van der Waals surface area contributed by atoms with Crippen molar-refractivity contribution in [3.63, 3.8) is 0 Å². The van der Waals surface area contributed by atoms with E-state index in [1.807, 2.05) is 20.8 Å². The lowest BCUT2D eigenvalue weighted by Crippen LogP contribution is -2.20. The molecule has 2 aromatic heterocycles. The zero-order valence-electron chi connectivity index (χ0n) is 14.3. The fourth-order valence-corrected chi connectivity index (χ4v) is 2.42. The number of hydrogen-bond donors (Lipinski definition) is 2. The second-order valence-corrected chi connectivity index (χ2v) is 6.86. The van der Waals surface area contributed by atoms with Gasteiger partial charge in [0, 0.05) is 17.8 Å². The highest BCUT2D eigenvalue weighted by Crippen LogP contribution is 2.22. The molecule has 0 saturated carbocycles. The van der Waals surface area contributed by atoms with Crippen LogP contribution in [0.2, 0.25) is 0 Å². The highest BCUT2D eigenvalue weighted by atomic mass is 16.3. The summed E-state index contributed by atoms with van der Waals surface area (Å²) in [6.07, 6.45) is 3.33. The van der Waals surface area contributed by atoms with Gasteiger partial charge in [-0.2, -0.15) is 0 Å². The molecular formula is C19H19N3O3. The quantitative estimate of drug-likeness (QED) is 0.716. The van der Waals surface area contributed by atoms with E-state index < -0.39 is 11.3 Å². The van der Waals surface area contributed by atoms with Crippen molar-refractivity contribution in [1.29, 1.82) is 0 Å². The largest absolute Gasteiger partial charge is 0.507 e. The molecule has 0 aliphatic rings. The van der Waals surface area contributed by atoms with E-state index in [-0.39, 0.29) is 17.1 Å². The summed E-state index contributed by atoms with van der Waals surface area (Å²) < 4.78 is 1.69. The summed E-state index contributed by atoms with van der Waals surface area (Å²) in [4.78, 5) is 28.9. The Balaban J connectivity index is 1.88. The van der Waals surface area contributed by atoms with Crippen LogP contribution in [-0.4, -0.2) is 26.2 Å². The highest BCUT2D eigenvalue weighted by molar-refractivity contribution is 6.06. The van der Waals surface area contributed by atoms with Gasteiger partial charge in [-0.3, -0.25) is 9.59 Å². The van der Waals surface area contributed by atoms with Gasteiger partial charge in [-0.15, -0.1) is 0 Å². The second kappa shape index (κ2) is 6.05. The topological polar surface area (TPSA) is 83.7 Å². The fraction of sp³-hybridized carbons (Fsp3) is 0.211. The number of carbonyl (C=O) groups is 2. The van der Waals surface area contributed by atoms with E-state index in [2.05, 4.69) is 10.3 Å². The monoisotopic (exact) mass is 337 g/mol. The number of hydrogen-bond acceptors (Lipinski definition) is 4. The fourth-order valence-electron chi connectivity index (χ4n) is 2.42. The van der Waals surface area contributed by atoms with Gasteiger partial charge in [0.05, 0.1) is 11.3 Å². The molecule has 3 aromatic rings. The van der Waals surface area contributed by atoms with Crippen LogP contribution < -0.4 is 5.32 Å². The SMILES string of the molecule is CC(C)(C)C(=O)c1cn2cc(NC(=O)c3ccccc3O)ccc2n1. The number of phenolic OH excluding ortho intramolecular Hbond substituents is 1. The van der Waals surface area contributed by atoms with Crippen molar-refractivity contribution < 1.29 is 14.7 Å². The number of pyridine rings is 1. The smallest absolute Gasteiger partial charge is 0.259 e. The van der Waals surface area contributed by atoms with Crippen molar-refractivity contribution in [3.8, 4) is 5.75 Å². The van der Waals surface area contributed by atoms with Gasteiger partial charge in [0.25, 0.3) is 5.91 Å². The van der Waals surface area contributed by atoms with Crippen LogP contribution >= 0.6 is 0 Å². The number of benzene rings is 1. The number of carbonyl (C=O) groups excluding carboxylic acids is 2. The summed E-state index contributed by atoms with van der Waals surface area (Å²) in [6, 6.07) is 9.75. The van der Waals surface area contributed by atoms with E-state index in [0.717, 1.165) is 0 Å². The number of aromatic hydroxyl groups is 1. The molecule has 0 unspecified atom stereocenters. The van der Waals surface area contributed by atoms with Crippen LogP contribution in [0.15, 0.2) is 48.8 Å². The molecule has 0 spiro atoms. The Morgan fingerprint density at radius 2 is 1.80 bits per heavy atom. The van der Waals surface area contributed by atoms with Crippen LogP contribution in [0.3, 0.4) is 0 Å². The van der Waals surface area contributed by atoms with Gasteiger partial charge in [-0.1, -0.05) is 32.9 Å². The van der Waals surface area contributed by atoms with Gasteiger partial charge < -0.3 is 14.8 Å². The number of phenols is 1. The molecule has 1 aromatic carbocycles. The Hall–Kier alpha value is -3.15. The van der Waals surface area contributed by atoms with Crippen molar-refractivity contribution in [2.45, 2.75) is 20.8 Å². The minimum atomic E-state index is -0.514. The normalized spacial score (nSPS) is 11.5. The second-order valence-electron chi connectivity index (χ2n) is 6.86. The summed E-state index contributed by atoms with van der Waals surface area (Å²) in [5.74, 6) is -0.540. The molecule has 0 bridgehead atoms. The summed E-state index contributed by atoms with van der Waals surface area (Å²) in [6.45, 7) is 5.53. The molecule has 2 N–H and O–H groups in total. The molecule has 128 valence electrons. The van der Waals surface area contributed by atoms with Crippen LogP contribution in [0.4, 0.5) is 5.69 Å². The van der Waals surface area contributed by atoms with Crippen molar-refractivity contribution >= 4 is 23.0 Å². The minimum Gasteiger partial charge on any atom is -0.507 e. The molecule has 0 saturated heterocycles. The average molecular weight is 337 g/mol. The molecular weight excluding hydrogens is 318 g/mol. The Bertz CT molecular complexity index is 967. The van der Waals surface area contributed by atoms with Crippen molar-refractivity contribution in [2.75, 3.05) is 5.32 Å².